The molecule has 3 aromatic rings. The van der Waals surface area contributed by atoms with Crippen molar-refractivity contribution in [3.8, 4) is 5.75 Å². The topological polar surface area (TPSA) is 170 Å². The van der Waals surface area contributed by atoms with Gasteiger partial charge in [0.1, 0.15) is 11.4 Å². The summed E-state index contributed by atoms with van der Waals surface area (Å²) < 4.78 is 36.4. The number of amides is 2. The Bertz CT molecular complexity index is 1440. The number of azo groups is 1. The smallest absolute Gasteiger partial charge is 0.294 e. The van der Waals surface area contributed by atoms with Gasteiger partial charge in [-0.2, -0.15) is 12.8 Å². The summed E-state index contributed by atoms with van der Waals surface area (Å²) in [6.45, 7) is 4.53. The summed E-state index contributed by atoms with van der Waals surface area (Å²) in [7, 11) is -4.42. The monoisotopic (exact) mass is 475 g/mol. The van der Waals surface area contributed by atoms with Crippen LogP contribution in [0, 0.1) is 0 Å². The van der Waals surface area contributed by atoms with Crippen LogP contribution in [0.5, 0.6) is 5.75 Å². The van der Waals surface area contributed by atoms with Crippen LogP contribution in [0.15, 0.2) is 39.4 Å². The van der Waals surface area contributed by atoms with Crippen LogP contribution in [-0.2, 0) is 25.1 Å². The van der Waals surface area contributed by atoms with Crippen molar-refractivity contribution in [3.63, 3.8) is 0 Å². The second-order valence-corrected chi connectivity index (χ2v) is 9.82. The minimum absolute atomic E-state index is 0.0672. The Morgan fingerprint density at radius 3 is 2.62 bits per heavy atom. The predicted molar refractivity (Wildman–Crippen MR) is 118 cm³/mol. The Morgan fingerprint density at radius 2 is 1.97 bits per heavy atom. The van der Waals surface area contributed by atoms with Gasteiger partial charge in [-0.15, -0.1) is 10.2 Å². The van der Waals surface area contributed by atoms with Crippen LogP contribution in [0.1, 0.15) is 26.3 Å². The summed E-state index contributed by atoms with van der Waals surface area (Å²) in [6, 6.07) is 5.26. The Balaban J connectivity index is 1.86. The zero-order chi connectivity index (χ0) is 23.4. The fraction of sp³-hybridized carbons (Fsp3) is 0.211. The molecule has 0 fully saturated rings. The molecular formula is C19H17N5O6S2. The van der Waals surface area contributed by atoms with Gasteiger partial charge in [-0.05, 0) is 49.6 Å². The van der Waals surface area contributed by atoms with Gasteiger partial charge in [-0.25, -0.2) is 0 Å². The van der Waals surface area contributed by atoms with Gasteiger partial charge < -0.3 is 15.7 Å². The summed E-state index contributed by atoms with van der Waals surface area (Å²) in [5.74, 6) is -1.04. The highest BCUT2D eigenvalue weighted by molar-refractivity contribution is 7.85. The third-order valence-electron chi connectivity index (χ3n) is 5.00. The summed E-state index contributed by atoms with van der Waals surface area (Å²) in [6.07, 6.45) is 0. The molecule has 166 valence electrons. The molecule has 0 saturated heterocycles. The molecular weight excluding hydrogens is 458 g/mol. The van der Waals surface area contributed by atoms with E-state index in [1.807, 2.05) is 0 Å². The van der Waals surface area contributed by atoms with Crippen molar-refractivity contribution in [2.45, 2.75) is 31.1 Å². The molecule has 0 saturated carbocycles. The zero-order valence-corrected chi connectivity index (χ0v) is 18.6. The molecule has 4 N–H and O–H groups in total. The Kier molecular flexibility index (Phi) is 4.99. The molecule has 0 bridgehead atoms. The first-order chi connectivity index (χ1) is 14.9. The quantitative estimate of drug-likeness (QED) is 0.252. The lowest BCUT2D eigenvalue weighted by atomic mass is 9.85. The lowest BCUT2D eigenvalue weighted by molar-refractivity contribution is -0.119. The number of hydrogen-bond donors (Lipinski definition) is 4. The van der Waals surface area contributed by atoms with Crippen LogP contribution in [0.3, 0.4) is 0 Å². The number of rotatable bonds is 4. The normalized spacial score (nSPS) is 15.2. The Labute approximate surface area is 186 Å². The van der Waals surface area contributed by atoms with E-state index in [0.717, 1.165) is 11.5 Å². The first-order valence-electron chi connectivity index (χ1n) is 9.17. The molecule has 2 aromatic carbocycles. The zero-order valence-electron chi connectivity index (χ0n) is 17.0. The van der Waals surface area contributed by atoms with Gasteiger partial charge in [0.15, 0.2) is 5.00 Å². The maximum absolute atomic E-state index is 12.5. The number of anilines is 2. The van der Waals surface area contributed by atoms with Gasteiger partial charge >= 0.3 is 0 Å². The number of nitrogens with one attached hydrogen (secondary N) is 2. The summed E-state index contributed by atoms with van der Waals surface area (Å²) in [4.78, 5) is 23.7. The fourth-order valence-electron chi connectivity index (χ4n) is 3.38. The maximum atomic E-state index is 12.5. The van der Waals surface area contributed by atoms with Gasteiger partial charge in [-0.1, -0.05) is 0 Å². The fourth-order valence-corrected chi connectivity index (χ4v) is 4.57. The minimum Gasteiger partial charge on any atom is -0.505 e. The van der Waals surface area contributed by atoms with Crippen LogP contribution in [0.25, 0.3) is 10.9 Å². The highest BCUT2D eigenvalue weighted by Gasteiger charge is 2.43. The van der Waals surface area contributed by atoms with Gasteiger partial charge in [0.25, 0.3) is 10.1 Å². The summed E-state index contributed by atoms with van der Waals surface area (Å²) >= 11 is 0.960. The van der Waals surface area contributed by atoms with Crippen LogP contribution < -0.4 is 10.6 Å². The largest absolute Gasteiger partial charge is 0.505 e. The minimum atomic E-state index is -4.42. The number of carbonyl (C=O) groups excluding carboxylic acids is 2. The summed E-state index contributed by atoms with van der Waals surface area (Å²) in [5.41, 5.74) is 0.138. The average Bonchev–Trinajstić information content (AvgIpc) is 3.20. The highest BCUT2D eigenvalue weighted by Crippen LogP contribution is 2.51. The van der Waals surface area contributed by atoms with Gasteiger partial charge in [-0.3, -0.25) is 14.1 Å². The number of nitrogens with zero attached hydrogens (tertiary/aromatic N) is 3. The molecule has 0 radical (unpaired) electrons. The number of fused-ring (bicyclic) bond motifs is 2. The molecule has 32 heavy (non-hydrogen) atoms. The number of phenols is 1. The van der Waals surface area contributed by atoms with E-state index in [2.05, 4.69) is 25.2 Å². The predicted octanol–water partition coefficient (Wildman–Crippen LogP) is 3.85. The highest BCUT2D eigenvalue weighted by atomic mass is 32.2. The molecule has 1 aliphatic heterocycles. The number of benzene rings is 2. The van der Waals surface area contributed by atoms with E-state index in [1.54, 1.807) is 13.8 Å². The second kappa shape index (κ2) is 7.32. The molecule has 11 nitrogen and oxygen atoms in total. The Morgan fingerprint density at radius 1 is 1.25 bits per heavy atom. The third-order valence-corrected chi connectivity index (χ3v) is 6.61. The molecule has 4 rings (SSSR count). The van der Waals surface area contributed by atoms with E-state index in [0.29, 0.717) is 10.9 Å². The van der Waals surface area contributed by atoms with E-state index < -0.39 is 21.4 Å². The molecule has 2 amide bonds. The van der Waals surface area contributed by atoms with E-state index in [4.69, 9.17) is 0 Å². The van der Waals surface area contributed by atoms with Gasteiger partial charge in [0.2, 0.25) is 11.8 Å². The summed E-state index contributed by atoms with van der Waals surface area (Å²) in [5, 5.41) is 24.8. The van der Waals surface area contributed by atoms with Crippen molar-refractivity contribution < 1.29 is 27.7 Å². The van der Waals surface area contributed by atoms with Gasteiger partial charge in [0, 0.05) is 17.9 Å². The first-order valence-corrected chi connectivity index (χ1v) is 11.4. The van der Waals surface area contributed by atoms with Crippen molar-refractivity contribution in [1.82, 2.24) is 4.37 Å². The van der Waals surface area contributed by atoms with E-state index in [-0.39, 0.29) is 44.2 Å². The second-order valence-electron chi connectivity index (χ2n) is 7.64. The van der Waals surface area contributed by atoms with Crippen molar-refractivity contribution >= 4 is 66.4 Å². The molecule has 0 atom stereocenters. The molecule has 1 aromatic heterocycles. The lowest BCUT2D eigenvalue weighted by Crippen LogP contribution is -2.27. The van der Waals surface area contributed by atoms with Crippen LogP contribution in [-0.4, -0.2) is 34.3 Å². The number of carbonyl (C=O) groups is 2. The molecule has 0 spiro atoms. The standard InChI is InChI=1S/C19H17N5O6S2/c1-8(25)20-13-7-12(15-14(16(13)26)19(2,3)18(27)21-15)22-23-17-10-6-9(32(28,29)30)4-5-11(10)24-31-17/h4-7,26H,1-3H3,(H,20,25)(H,21,27)(H,28,29,30). The average molecular weight is 476 g/mol. The number of aromatic nitrogens is 1. The Hall–Kier alpha value is -3.42. The lowest BCUT2D eigenvalue weighted by Gasteiger charge is -2.18. The van der Waals surface area contributed by atoms with Crippen molar-refractivity contribution in [1.29, 1.82) is 0 Å². The van der Waals surface area contributed by atoms with Crippen LogP contribution in [0.2, 0.25) is 0 Å². The first kappa shape index (κ1) is 21.8. The molecule has 1 aliphatic rings. The molecule has 0 unspecified atom stereocenters. The SMILES string of the molecule is CC(=O)Nc1cc(N=Nc2snc3ccc(S(=O)(=O)O)cc23)c2c(c1O)C(C)(C)C(=O)N2. The van der Waals surface area contributed by atoms with Gasteiger partial charge in [0.05, 0.1) is 27.2 Å². The van der Waals surface area contributed by atoms with Crippen molar-refractivity contribution in [3.05, 3.63) is 29.8 Å². The van der Waals surface area contributed by atoms with Crippen LogP contribution >= 0.6 is 11.5 Å². The number of hydrogen-bond acceptors (Lipinski definition) is 9. The van der Waals surface area contributed by atoms with E-state index in [1.165, 1.54) is 31.2 Å². The van der Waals surface area contributed by atoms with E-state index in [9.17, 15) is 27.7 Å². The third kappa shape index (κ3) is 3.59. The van der Waals surface area contributed by atoms with Crippen molar-refractivity contribution in [2.75, 3.05) is 10.6 Å². The van der Waals surface area contributed by atoms with Crippen molar-refractivity contribution in [2.24, 2.45) is 10.2 Å². The molecule has 0 aliphatic carbocycles. The van der Waals surface area contributed by atoms with E-state index >= 15 is 0 Å². The van der Waals surface area contributed by atoms with Crippen LogP contribution in [0.4, 0.5) is 22.1 Å². The maximum Gasteiger partial charge on any atom is 0.294 e. The molecule has 2 heterocycles. The molecule has 13 heteroatoms. The number of phenolic OH excluding ortho intramolecular Hbond substituents is 1. The number of aromatic hydroxyl groups is 1.